The van der Waals surface area contributed by atoms with Crippen LogP contribution in [0.2, 0.25) is 0 Å². The number of aromatic amines is 1. The molecule has 2 rings (SSSR count). The zero-order valence-electron chi connectivity index (χ0n) is 10.5. The Morgan fingerprint density at radius 2 is 2.17 bits per heavy atom. The minimum Gasteiger partial charge on any atom is -0.341 e. The third-order valence-corrected chi connectivity index (χ3v) is 3.78. The molecule has 1 heterocycles. The predicted molar refractivity (Wildman–Crippen MR) is 72.1 cm³/mol. The molecule has 2 aromatic rings. The van der Waals surface area contributed by atoms with Gasteiger partial charge in [0, 0.05) is 6.26 Å². The quantitative estimate of drug-likeness (QED) is 0.874. The molecule has 6 heteroatoms. The van der Waals surface area contributed by atoms with Crippen molar-refractivity contribution in [2.45, 2.75) is 19.4 Å². The second kappa shape index (κ2) is 4.70. The van der Waals surface area contributed by atoms with Gasteiger partial charge in [0.1, 0.15) is 15.7 Å². The second-order valence-electron chi connectivity index (χ2n) is 4.67. The number of aryl methyl sites for hydroxylation is 1. The summed E-state index contributed by atoms with van der Waals surface area (Å²) >= 11 is 0. The highest BCUT2D eigenvalue weighted by Gasteiger charge is 2.14. The molecule has 0 radical (unpaired) electrons. The van der Waals surface area contributed by atoms with Crippen LogP contribution in [0.1, 0.15) is 23.9 Å². The van der Waals surface area contributed by atoms with E-state index < -0.39 is 9.84 Å². The van der Waals surface area contributed by atoms with E-state index >= 15 is 0 Å². The Morgan fingerprint density at radius 3 is 2.83 bits per heavy atom. The van der Waals surface area contributed by atoms with Crippen molar-refractivity contribution >= 4 is 20.9 Å². The van der Waals surface area contributed by atoms with Crippen molar-refractivity contribution < 1.29 is 8.42 Å². The summed E-state index contributed by atoms with van der Waals surface area (Å²) in [5.74, 6) is 0.712. The van der Waals surface area contributed by atoms with Gasteiger partial charge in [-0.15, -0.1) is 0 Å². The summed E-state index contributed by atoms with van der Waals surface area (Å²) in [7, 11) is -2.99. The molecule has 3 N–H and O–H groups in total. The normalized spacial score (nSPS) is 13.9. The molecule has 5 nitrogen and oxygen atoms in total. The average molecular weight is 267 g/mol. The first-order chi connectivity index (χ1) is 8.35. The lowest BCUT2D eigenvalue weighted by molar-refractivity contribution is 0.588. The van der Waals surface area contributed by atoms with Crippen LogP contribution >= 0.6 is 0 Å². The molecule has 1 atom stereocenters. The van der Waals surface area contributed by atoms with Crippen LogP contribution in [0.25, 0.3) is 11.0 Å². The van der Waals surface area contributed by atoms with Gasteiger partial charge in [0.2, 0.25) is 0 Å². The average Bonchev–Trinajstić information content (AvgIpc) is 2.67. The van der Waals surface area contributed by atoms with Crippen LogP contribution in [0.15, 0.2) is 18.2 Å². The Hall–Kier alpha value is -1.40. The molecule has 1 aromatic heterocycles. The fourth-order valence-electron chi connectivity index (χ4n) is 1.80. The van der Waals surface area contributed by atoms with E-state index in [0.29, 0.717) is 12.2 Å². The second-order valence-corrected chi connectivity index (χ2v) is 6.93. The number of H-pyrrole nitrogens is 1. The van der Waals surface area contributed by atoms with Gasteiger partial charge in [-0.05, 0) is 31.0 Å². The third-order valence-electron chi connectivity index (χ3n) is 2.81. The Labute approximate surface area is 106 Å². The molecule has 0 fully saturated rings. The van der Waals surface area contributed by atoms with Crippen LogP contribution in [0, 0.1) is 6.92 Å². The van der Waals surface area contributed by atoms with E-state index in [0.717, 1.165) is 16.6 Å². The monoisotopic (exact) mass is 267 g/mol. The third kappa shape index (κ3) is 3.08. The number of nitrogens with one attached hydrogen (secondary N) is 1. The maximum Gasteiger partial charge on any atom is 0.147 e. The SMILES string of the molecule is Cc1ccc2nc(C(N)CCS(C)(=O)=O)[nH]c2c1. The van der Waals surface area contributed by atoms with E-state index in [1.807, 2.05) is 25.1 Å². The Morgan fingerprint density at radius 1 is 1.44 bits per heavy atom. The molecular formula is C12H17N3O2S. The van der Waals surface area contributed by atoms with Crippen LogP contribution in [0.4, 0.5) is 0 Å². The molecule has 0 aliphatic heterocycles. The zero-order valence-corrected chi connectivity index (χ0v) is 11.3. The first kappa shape index (κ1) is 13.0. The van der Waals surface area contributed by atoms with Crippen LogP contribution < -0.4 is 5.73 Å². The number of imidazole rings is 1. The number of nitrogens with two attached hydrogens (primary N) is 1. The van der Waals surface area contributed by atoms with Crippen molar-refractivity contribution in [3.63, 3.8) is 0 Å². The molecule has 0 saturated carbocycles. The summed E-state index contributed by atoms with van der Waals surface area (Å²) in [6.45, 7) is 2.00. The molecule has 18 heavy (non-hydrogen) atoms. The van der Waals surface area contributed by atoms with Gasteiger partial charge in [-0.2, -0.15) is 0 Å². The van der Waals surface area contributed by atoms with Crippen molar-refractivity contribution in [3.8, 4) is 0 Å². The van der Waals surface area contributed by atoms with Crippen LogP contribution in [-0.2, 0) is 9.84 Å². The molecular weight excluding hydrogens is 250 g/mol. The van der Waals surface area contributed by atoms with E-state index in [1.54, 1.807) is 0 Å². The maximum atomic E-state index is 11.1. The molecule has 98 valence electrons. The summed E-state index contributed by atoms with van der Waals surface area (Å²) in [6, 6.07) is 5.52. The van der Waals surface area contributed by atoms with Gasteiger partial charge in [0.25, 0.3) is 0 Å². The maximum absolute atomic E-state index is 11.1. The lowest BCUT2D eigenvalue weighted by Crippen LogP contribution is -2.16. The van der Waals surface area contributed by atoms with Crippen LogP contribution in [0.5, 0.6) is 0 Å². The molecule has 0 saturated heterocycles. The summed E-state index contributed by atoms with van der Waals surface area (Å²) in [6.07, 6.45) is 1.58. The molecule has 1 unspecified atom stereocenters. The van der Waals surface area contributed by atoms with Gasteiger partial charge in [-0.25, -0.2) is 13.4 Å². The first-order valence-corrected chi connectivity index (χ1v) is 7.81. The molecule has 0 aliphatic carbocycles. The van der Waals surface area contributed by atoms with Crippen molar-refractivity contribution in [1.29, 1.82) is 0 Å². The van der Waals surface area contributed by atoms with E-state index in [9.17, 15) is 8.42 Å². The van der Waals surface area contributed by atoms with Crippen molar-refractivity contribution in [1.82, 2.24) is 9.97 Å². The number of hydrogen-bond acceptors (Lipinski definition) is 4. The molecule has 0 spiro atoms. The fourth-order valence-corrected chi connectivity index (χ4v) is 2.48. The Bertz CT molecular complexity index is 661. The number of hydrogen-bond donors (Lipinski definition) is 2. The van der Waals surface area contributed by atoms with Gasteiger partial charge < -0.3 is 10.7 Å². The number of benzene rings is 1. The summed E-state index contributed by atoms with van der Waals surface area (Å²) < 4.78 is 22.2. The van der Waals surface area contributed by atoms with Gasteiger partial charge in [-0.3, -0.25) is 0 Å². The predicted octanol–water partition coefficient (Wildman–Crippen LogP) is 1.31. The number of nitrogens with zero attached hydrogens (tertiary/aromatic N) is 1. The largest absolute Gasteiger partial charge is 0.341 e. The van der Waals surface area contributed by atoms with Gasteiger partial charge in [0.05, 0.1) is 22.8 Å². The highest BCUT2D eigenvalue weighted by Crippen LogP contribution is 2.18. The van der Waals surface area contributed by atoms with Crippen molar-refractivity contribution in [2.75, 3.05) is 12.0 Å². The van der Waals surface area contributed by atoms with E-state index in [4.69, 9.17) is 5.73 Å². The minimum absolute atomic E-state index is 0.0737. The number of aromatic nitrogens is 2. The highest BCUT2D eigenvalue weighted by atomic mass is 32.2. The molecule has 0 amide bonds. The topological polar surface area (TPSA) is 88.8 Å². The number of sulfone groups is 1. The van der Waals surface area contributed by atoms with E-state index in [2.05, 4.69) is 9.97 Å². The summed E-state index contributed by atoms with van der Waals surface area (Å²) in [5.41, 5.74) is 8.87. The smallest absolute Gasteiger partial charge is 0.147 e. The van der Waals surface area contributed by atoms with Crippen LogP contribution in [-0.4, -0.2) is 30.4 Å². The first-order valence-electron chi connectivity index (χ1n) is 5.75. The zero-order chi connectivity index (χ0) is 13.3. The Balaban J connectivity index is 2.20. The summed E-state index contributed by atoms with van der Waals surface area (Å²) in [5, 5.41) is 0. The van der Waals surface area contributed by atoms with Gasteiger partial charge in [-0.1, -0.05) is 6.07 Å². The fraction of sp³-hybridized carbons (Fsp3) is 0.417. The minimum atomic E-state index is -2.99. The molecule has 0 aliphatic rings. The lowest BCUT2D eigenvalue weighted by Gasteiger charge is -2.06. The standard InChI is InChI=1S/C12H17N3O2S/c1-8-3-4-10-11(7-8)15-12(14-10)9(13)5-6-18(2,16)17/h3-4,7,9H,5-6,13H2,1-2H3,(H,14,15). The highest BCUT2D eigenvalue weighted by molar-refractivity contribution is 7.90. The molecule has 0 bridgehead atoms. The van der Waals surface area contributed by atoms with Crippen molar-refractivity contribution in [3.05, 3.63) is 29.6 Å². The van der Waals surface area contributed by atoms with Crippen LogP contribution in [0.3, 0.4) is 0 Å². The number of rotatable bonds is 4. The van der Waals surface area contributed by atoms with Crippen molar-refractivity contribution in [2.24, 2.45) is 5.73 Å². The molecule has 1 aromatic carbocycles. The lowest BCUT2D eigenvalue weighted by atomic mass is 10.2. The van der Waals surface area contributed by atoms with Gasteiger partial charge >= 0.3 is 0 Å². The van der Waals surface area contributed by atoms with E-state index in [-0.39, 0.29) is 11.8 Å². The van der Waals surface area contributed by atoms with E-state index in [1.165, 1.54) is 6.26 Å². The van der Waals surface area contributed by atoms with Gasteiger partial charge in [0.15, 0.2) is 0 Å². The summed E-state index contributed by atoms with van der Waals surface area (Å²) in [4.78, 5) is 7.52. The Kier molecular flexibility index (Phi) is 3.41. The number of fused-ring (bicyclic) bond motifs is 1.